The SMILES string of the molecule is CC(=O)N[C@H]1[C@H](O)[C@H]2OC3(CCCCC3)O[C@H]2[C@@H]1OC(=O)[C@@H](OC(C)=O)c1ccccc1. The summed E-state index contributed by atoms with van der Waals surface area (Å²) in [6, 6.07) is 7.60. The van der Waals surface area contributed by atoms with E-state index in [2.05, 4.69) is 5.32 Å². The predicted molar refractivity (Wildman–Crippen MR) is 110 cm³/mol. The Morgan fingerprint density at radius 3 is 2.34 bits per heavy atom. The second-order valence-corrected chi connectivity index (χ2v) is 8.65. The van der Waals surface area contributed by atoms with Crippen LogP contribution < -0.4 is 5.32 Å². The molecule has 6 atom stereocenters. The quantitative estimate of drug-likeness (QED) is 0.652. The normalized spacial score (nSPS) is 31.5. The third kappa shape index (κ3) is 4.51. The van der Waals surface area contributed by atoms with Crippen LogP contribution in [0.1, 0.15) is 57.6 Å². The molecule has 1 amide bonds. The highest BCUT2D eigenvalue weighted by atomic mass is 16.8. The van der Waals surface area contributed by atoms with E-state index in [9.17, 15) is 19.5 Å². The van der Waals surface area contributed by atoms with Crippen molar-refractivity contribution in [2.24, 2.45) is 0 Å². The summed E-state index contributed by atoms with van der Waals surface area (Å²) in [6.45, 7) is 2.52. The first-order chi connectivity index (χ1) is 15.3. The lowest BCUT2D eigenvalue weighted by molar-refractivity contribution is -0.220. The first kappa shape index (κ1) is 22.7. The summed E-state index contributed by atoms with van der Waals surface area (Å²) in [4.78, 5) is 36.6. The molecule has 2 aliphatic carbocycles. The van der Waals surface area contributed by atoms with Gasteiger partial charge in [-0.2, -0.15) is 0 Å². The highest BCUT2D eigenvalue weighted by molar-refractivity contribution is 5.80. The zero-order valence-electron chi connectivity index (χ0n) is 18.2. The molecule has 1 heterocycles. The van der Waals surface area contributed by atoms with Gasteiger partial charge in [-0.25, -0.2) is 4.79 Å². The molecule has 2 N–H and O–H groups in total. The highest BCUT2D eigenvalue weighted by Crippen LogP contribution is 2.46. The number of hydrogen-bond donors (Lipinski definition) is 2. The number of benzene rings is 1. The molecule has 1 aromatic rings. The number of esters is 2. The van der Waals surface area contributed by atoms with Gasteiger partial charge in [0.25, 0.3) is 0 Å². The van der Waals surface area contributed by atoms with Crippen LogP contribution >= 0.6 is 0 Å². The summed E-state index contributed by atoms with van der Waals surface area (Å²) in [6.07, 6.45) is -0.550. The van der Waals surface area contributed by atoms with Crippen LogP contribution in [0, 0.1) is 0 Å². The Morgan fingerprint density at radius 2 is 1.72 bits per heavy atom. The van der Waals surface area contributed by atoms with Crippen molar-refractivity contribution in [2.45, 2.75) is 88.3 Å². The van der Waals surface area contributed by atoms with Crippen molar-refractivity contribution in [3.05, 3.63) is 35.9 Å². The van der Waals surface area contributed by atoms with Gasteiger partial charge in [0.1, 0.15) is 18.3 Å². The number of amides is 1. The van der Waals surface area contributed by atoms with Crippen LogP contribution in [0.3, 0.4) is 0 Å². The zero-order valence-corrected chi connectivity index (χ0v) is 18.2. The van der Waals surface area contributed by atoms with Crippen molar-refractivity contribution in [2.75, 3.05) is 0 Å². The molecular formula is C23H29NO8. The second kappa shape index (κ2) is 9.17. The first-order valence-electron chi connectivity index (χ1n) is 11.0. The van der Waals surface area contributed by atoms with E-state index in [-0.39, 0.29) is 5.91 Å². The Morgan fingerprint density at radius 1 is 1.06 bits per heavy atom. The van der Waals surface area contributed by atoms with Crippen molar-refractivity contribution in [3.8, 4) is 0 Å². The number of rotatable bonds is 5. The minimum Gasteiger partial charge on any atom is -0.454 e. The number of fused-ring (bicyclic) bond motifs is 1. The molecule has 174 valence electrons. The molecule has 9 nitrogen and oxygen atoms in total. The van der Waals surface area contributed by atoms with Crippen LogP contribution in [-0.4, -0.2) is 59.2 Å². The monoisotopic (exact) mass is 447 g/mol. The molecular weight excluding hydrogens is 418 g/mol. The number of carbonyl (C=O) groups excluding carboxylic acids is 3. The lowest BCUT2D eigenvalue weighted by Gasteiger charge is -2.35. The van der Waals surface area contributed by atoms with Gasteiger partial charge < -0.3 is 29.4 Å². The molecule has 0 radical (unpaired) electrons. The van der Waals surface area contributed by atoms with Gasteiger partial charge in [-0.3, -0.25) is 9.59 Å². The number of aliphatic hydroxyl groups is 1. The largest absolute Gasteiger partial charge is 0.454 e. The van der Waals surface area contributed by atoms with Crippen molar-refractivity contribution in [3.63, 3.8) is 0 Å². The molecule has 0 bridgehead atoms. The molecule has 2 saturated carbocycles. The van der Waals surface area contributed by atoms with Gasteiger partial charge in [0.05, 0.1) is 6.04 Å². The van der Waals surface area contributed by atoms with Crippen LogP contribution in [0.15, 0.2) is 30.3 Å². The Balaban J connectivity index is 1.58. The Bertz CT molecular complexity index is 853. The van der Waals surface area contributed by atoms with Crippen LogP contribution in [0.2, 0.25) is 0 Å². The van der Waals surface area contributed by atoms with Gasteiger partial charge in [-0.05, 0) is 12.8 Å². The average molecular weight is 447 g/mol. The number of ether oxygens (including phenoxy) is 4. The predicted octanol–water partition coefficient (Wildman–Crippen LogP) is 1.53. The van der Waals surface area contributed by atoms with Crippen molar-refractivity contribution in [1.82, 2.24) is 5.32 Å². The molecule has 0 aromatic heterocycles. The summed E-state index contributed by atoms with van der Waals surface area (Å²) in [7, 11) is 0. The van der Waals surface area contributed by atoms with E-state index in [1.54, 1.807) is 30.3 Å². The van der Waals surface area contributed by atoms with E-state index >= 15 is 0 Å². The van der Waals surface area contributed by atoms with Gasteiger partial charge in [-0.15, -0.1) is 0 Å². The molecule has 1 saturated heterocycles. The Hall–Kier alpha value is -2.49. The maximum absolute atomic E-state index is 13.1. The third-order valence-electron chi connectivity index (χ3n) is 6.25. The lowest BCUT2D eigenvalue weighted by Crippen LogP contribution is -2.51. The van der Waals surface area contributed by atoms with Crippen molar-refractivity contribution < 1.29 is 38.4 Å². The summed E-state index contributed by atoms with van der Waals surface area (Å²) < 4.78 is 23.4. The first-order valence-corrected chi connectivity index (χ1v) is 11.0. The average Bonchev–Trinajstić information content (AvgIpc) is 3.22. The topological polar surface area (TPSA) is 120 Å². The van der Waals surface area contributed by atoms with E-state index in [4.69, 9.17) is 18.9 Å². The minimum atomic E-state index is -1.28. The number of aliphatic hydroxyl groups excluding tert-OH is 1. The third-order valence-corrected chi connectivity index (χ3v) is 6.25. The van der Waals surface area contributed by atoms with E-state index in [1.807, 2.05) is 0 Å². The van der Waals surface area contributed by atoms with Gasteiger partial charge in [0.15, 0.2) is 11.9 Å². The van der Waals surface area contributed by atoms with E-state index in [1.165, 1.54) is 13.8 Å². The minimum absolute atomic E-state index is 0.387. The molecule has 3 fully saturated rings. The molecule has 1 aliphatic heterocycles. The van der Waals surface area contributed by atoms with Crippen LogP contribution in [0.5, 0.6) is 0 Å². The van der Waals surface area contributed by atoms with Crippen LogP contribution in [0.25, 0.3) is 0 Å². The number of hydrogen-bond acceptors (Lipinski definition) is 8. The fourth-order valence-corrected chi connectivity index (χ4v) is 4.89. The number of carbonyl (C=O) groups is 3. The van der Waals surface area contributed by atoms with Crippen molar-refractivity contribution in [1.29, 1.82) is 0 Å². The van der Waals surface area contributed by atoms with Gasteiger partial charge in [0.2, 0.25) is 12.0 Å². The highest BCUT2D eigenvalue weighted by Gasteiger charge is 2.63. The van der Waals surface area contributed by atoms with E-state index < -0.39 is 54.3 Å². The van der Waals surface area contributed by atoms with Crippen LogP contribution in [-0.2, 0) is 33.3 Å². The fraction of sp³-hybridized carbons (Fsp3) is 0.609. The van der Waals surface area contributed by atoms with Crippen LogP contribution in [0.4, 0.5) is 0 Å². The zero-order chi connectivity index (χ0) is 22.9. The smallest absolute Gasteiger partial charge is 0.352 e. The molecule has 32 heavy (non-hydrogen) atoms. The summed E-state index contributed by atoms with van der Waals surface area (Å²) in [5, 5.41) is 13.6. The second-order valence-electron chi connectivity index (χ2n) is 8.65. The Labute approximate surface area is 186 Å². The van der Waals surface area contributed by atoms with E-state index in [0.717, 1.165) is 19.3 Å². The number of nitrogens with one attached hydrogen (secondary N) is 1. The maximum atomic E-state index is 13.1. The molecule has 1 aromatic carbocycles. The lowest BCUT2D eigenvalue weighted by atomic mass is 9.94. The van der Waals surface area contributed by atoms with Gasteiger partial charge in [0, 0.05) is 32.3 Å². The molecule has 0 unspecified atom stereocenters. The van der Waals surface area contributed by atoms with E-state index in [0.29, 0.717) is 18.4 Å². The molecule has 4 rings (SSSR count). The Kier molecular flexibility index (Phi) is 6.50. The van der Waals surface area contributed by atoms with Crippen molar-refractivity contribution >= 4 is 17.8 Å². The molecule has 3 aliphatic rings. The standard InChI is InChI=1S/C23H29NO8/c1-13(25)24-16-17(27)20-21(32-23(31-20)11-7-4-8-12-23)19(16)30-22(28)18(29-14(2)26)15-9-5-3-6-10-15/h3,5-6,9-10,16-21,27H,4,7-8,11-12H2,1-2H3,(H,24,25)/t16-,17-,18-,19+,20+,21-/m0/s1. The van der Waals surface area contributed by atoms with Gasteiger partial charge in [-0.1, -0.05) is 36.8 Å². The summed E-state index contributed by atoms with van der Waals surface area (Å²) >= 11 is 0. The summed E-state index contributed by atoms with van der Waals surface area (Å²) in [5.41, 5.74) is 0.450. The van der Waals surface area contributed by atoms with Gasteiger partial charge >= 0.3 is 11.9 Å². The summed E-state index contributed by atoms with van der Waals surface area (Å²) in [5.74, 6) is -2.65. The molecule has 9 heteroatoms. The molecule has 1 spiro atoms. The fourth-order valence-electron chi connectivity index (χ4n) is 4.89. The maximum Gasteiger partial charge on any atom is 0.352 e.